The third-order valence-corrected chi connectivity index (χ3v) is 6.63. The van der Waals surface area contributed by atoms with E-state index in [0.717, 1.165) is 17.1 Å². The zero-order valence-corrected chi connectivity index (χ0v) is 23.4. The zero-order valence-electron chi connectivity index (χ0n) is 23.4. The normalized spacial score (nSPS) is 12.5. The van der Waals surface area contributed by atoms with Crippen molar-refractivity contribution >= 4 is 25.3 Å². The van der Waals surface area contributed by atoms with Crippen molar-refractivity contribution in [1.82, 2.24) is 15.6 Å². The molecule has 0 aliphatic rings. The van der Waals surface area contributed by atoms with Crippen LogP contribution in [0.5, 0.6) is 0 Å². The lowest BCUT2D eigenvalue weighted by molar-refractivity contribution is -0.0987. The van der Waals surface area contributed by atoms with Gasteiger partial charge < -0.3 is 20.2 Å². The molecule has 8 heteroatoms. The SMILES string of the molecule is C=O.C=O.CN=C(CC(C)(C)C(C)c1cccc(C(=O)NCc2ccccn2)c1)N[C@@H](C)c1ccccc1F. The molecule has 208 valence electrons. The van der Waals surface area contributed by atoms with Crippen molar-refractivity contribution in [2.75, 3.05) is 7.05 Å². The number of nitrogens with zero attached hydrogens (tertiary/aromatic N) is 2. The molecule has 7 nitrogen and oxygen atoms in total. The van der Waals surface area contributed by atoms with E-state index in [1.807, 2.05) is 63.0 Å². The number of hydrogen-bond acceptors (Lipinski definition) is 5. The number of amides is 1. The minimum Gasteiger partial charge on any atom is -0.367 e. The predicted octanol–water partition coefficient (Wildman–Crippen LogP) is 5.68. The Kier molecular flexibility index (Phi) is 14.0. The number of benzene rings is 2. The zero-order chi connectivity index (χ0) is 29.4. The maximum absolute atomic E-state index is 14.2. The van der Waals surface area contributed by atoms with Crippen LogP contribution >= 0.6 is 0 Å². The van der Waals surface area contributed by atoms with Gasteiger partial charge in [0.25, 0.3) is 5.91 Å². The van der Waals surface area contributed by atoms with Crippen LogP contribution < -0.4 is 10.6 Å². The van der Waals surface area contributed by atoms with E-state index >= 15 is 0 Å². The molecule has 0 saturated heterocycles. The van der Waals surface area contributed by atoms with Gasteiger partial charge in [-0.2, -0.15) is 0 Å². The lowest BCUT2D eigenvalue weighted by Crippen LogP contribution is -2.33. The summed E-state index contributed by atoms with van der Waals surface area (Å²) >= 11 is 0. The van der Waals surface area contributed by atoms with E-state index in [1.165, 1.54) is 6.07 Å². The third kappa shape index (κ3) is 9.89. The van der Waals surface area contributed by atoms with Crippen LogP contribution in [0.1, 0.15) is 73.3 Å². The van der Waals surface area contributed by atoms with Crippen molar-refractivity contribution in [2.24, 2.45) is 10.4 Å². The Labute approximate surface area is 231 Å². The molecule has 2 N–H and O–H groups in total. The first-order valence-electron chi connectivity index (χ1n) is 12.5. The first-order valence-corrected chi connectivity index (χ1v) is 12.5. The molecular formula is C31H39FN4O3. The highest BCUT2D eigenvalue weighted by Crippen LogP contribution is 2.38. The summed E-state index contributed by atoms with van der Waals surface area (Å²) in [5.74, 6) is 0.614. The second kappa shape index (κ2) is 16.6. The summed E-state index contributed by atoms with van der Waals surface area (Å²) in [6.07, 6.45) is 2.39. The first kappa shape index (κ1) is 32.8. The lowest BCUT2D eigenvalue weighted by Gasteiger charge is -2.34. The highest BCUT2D eigenvalue weighted by atomic mass is 19.1. The van der Waals surface area contributed by atoms with Crippen LogP contribution in [0.15, 0.2) is 77.9 Å². The second-order valence-electron chi connectivity index (χ2n) is 9.57. The van der Waals surface area contributed by atoms with E-state index in [2.05, 4.69) is 47.4 Å². The van der Waals surface area contributed by atoms with Gasteiger partial charge in [0.1, 0.15) is 19.4 Å². The van der Waals surface area contributed by atoms with Crippen LogP contribution in [0.3, 0.4) is 0 Å². The molecule has 1 heterocycles. The number of carbonyl (C=O) groups excluding carboxylic acids is 3. The van der Waals surface area contributed by atoms with Gasteiger partial charge in [0.2, 0.25) is 0 Å². The predicted molar refractivity (Wildman–Crippen MR) is 154 cm³/mol. The summed E-state index contributed by atoms with van der Waals surface area (Å²) in [6, 6.07) is 20.0. The number of aliphatic imine (C=N–C) groups is 1. The van der Waals surface area contributed by atoms with Crippen LogP contribution in [-0.4, -0.2) is 37.4 Å². The minimum absolute atomic E-state index is 0.126. The molecule has 1 amide bonds. The van der Waals surface area contributed by atoms with Crippen molar-refractivity contribution in [1.29, 1.82) is 0 Å². The summed E-state index contributed by atoms with van der Waals surface area (Å²) in [5.41, 5.74) is 2.97. The van der Waals surface area contributed by atoms with Gasteiger partial charge in [-0.25, -0.2) is 4.39 Å². The van der Waals surface area contributed by atoms with Crippen LogP contribution in [0.2, 0.25) is 0 Å². The molecule has 0 saturated carbocycles. The van der Waals surface area contributed by atoms with Crippen LogP contribution in [-0.2, 0) is 16.1 Å². The van der Waals surface area contributed by atoms with Crippen LogP contribution in [0, 0.1) is 11.2 Å². The number of pyridine rings is 1. The summed E-state index contributed by atoms with van der Waals surface area (Å²) in [6.45, 7) is 12.9. The second-order valence-corrected chi connectivity index (χ2v) is 9.57. The number of hydrogen-bond donors (Lipinski definition) is 2. The number of amidine groups is 1. The van der Waals surface area contributed by atoms with Gasteiger partial charge in [-0.05, 0) is 54.2 Å². The third-order valence-electron chi connectivity index (χ3n) is 6.63. The number of rotatable bonds is 9. The molecule has 0 aliphatic heterocycles. The number of nitrogens with one attached hydrogen (secondary N) is 2. The van der Waals surface area contributed by atoms with Crippen molar-refractivity contribution in [3.05, 3.63) is 101 Å². The molecule has 3 aromatic rings. The fraction of sp³-hybridized carbons (Fsp3) is 0.323. The van der Waals surface area contributed by atoms with Crippen molar-refractivity contribution in [3.63, 3.8) is 0 Å². The molecule has 39 heavy (non-hydrogen) atoms. The number of aromatic nitrogens is 1. The topological polar surface area (TPSA) is 101 Å². The monoisotopic (exact) mass is 534 g/mol. The van der Waals surface area contributed by atoms with Crippen LogP contribution in [0.25, 0.3) is 0 Å². The minimum atomic E-state index is -0.228. The fourth-order valence-corrected chi connectivity index (χ4v) is 4.11. The van der Waals surface area contributed by atoms with Crippen LogP contribution in [0.4, 0.5) is 4.39 Å². The Morgan fingerprint density at radius 1 is 1.00 bits per heavy atom. The molecule has 3 rings (SSSR count). The standard InChI is InChI=1S/C29H35FN4O.2CH2O/c1-20(22-11-10-12-23(17-22)28(35)33-19-24-13-8-9-16-32-24)29(3,4)18-27(31-5)34-21(2)25-14-6-7-15-26(25)30;2*1-2/h6-17,20-21H,18-19H2,1-5H3,(H,31,34)(H,33,35);2*1H2/t20?,21-;;/m0../s1. The Morgan fingerprint density at radius 2 is 1.67 bits per heavy atom. The molecule has 1 unspecified atom stereocenters. The molecule has 0 fully saturated rings. The quantitative estimate of drug-likeness (QED) is 0.272. The van der Waals surface area contributed by atoms with E-state index < -0.39 is 0 Å². The van der Waals surface area contributed by atoms with Gasteiger partial charge in [0.15, 0.2) is 0 Å². The van der Waals surface area contributed by atoms with E-state index in [1.54, 1.807) is 25.4 Å². The van der Waals surface area contributed by atoms with E-state index in [0.29, 0.717) is 24.1 Å². The molecule has 1 aromatic heterocycles. The number of carbonyl (C=O) groups is 3. The highest BCUT2D eigenvalue weighted by Gasteiger charge is 2.30. The maximum Gasteiger partial charge on any atom is 0.251 e. The number of halogens is 1. The molecular weight excluding hydrogens is 495 g/mol. The lowest BCUT2D eigenvalue weighted by atomic mass is 9.73. The molecule has 0 radical (unpaired) electrons. The molecule has 0 aliphatic carbocycles. The molecule has 2 atom stereocenters. The van der Waals surface area contributed by atoms with E-state index in [4.69, 9.17) is 9.59 Å². The largest absolute Gasteiger partial charge is 0.367 e. The first-order chi connectivity index (χ1) is 18.7. The van der Waals surface area contributed by atoms with Gasteiger partial charge in [-0.15, -0.1) is 0 Å². The highest BCUT2D eigenvalue weighted by molar-refractivity contribution is 5.94. The van der Waals surface area contributed by atoms with Gasteiger partial charge in [-0.1, -0.05) is 57.2 Å². The van der Waals surface area contributed by atoms with Gasteiger partial charge in [0, 0.05) is 30.8 Å². The molecule has 2 aromatic carbocycles. The average molecular weight is 535 g/mol. The molecule has 0 bridgehead atoms. The average Bonchev–Trinajstić information content (AvgIpc) is 2.97. The Bertz CT molecular complexity index is 1200. The van der Waals surface area contributed by atoms with Gasteiger partial charge in [0.05, 0.1) is 24.1 Å². The molecule has 0 spiro atoms. The van der Waals surface area contributed by atoms with Crippen molar-refractivity contribution in [3.8, 4) is 0 Å². The Morgan fingerprint density at radius 3 is 2.28 bits per heavy atom. The van der Waals surface area contributed by atoms with Crippen molar-refractivity contribution < 1.29 is 18.8 Å². The maximum atomic E-state index is 14.2. The summed E-state index contributed by atoms with van der Waals surface area (Å²) < 4.78 is 14.2. The summed E-state index contributed by atoms with van der Waals surface area (Å²) in [4.78, 5) is 37.5. The Hall–Kier alpha value is -4.20. The Balaban J connectivity index is 0.00000181. The van der Waals surface area contributed by atoms with Crippen molar-refractivity contribution in [2.45, 2.75) is 52.6 Å². The smallest absolute Gasteiger partial charge is 0.251 e. The summed E-state index contributed by atoms with van der Waals surface area (Å²) in [5, 5.41) is 6.33. The van der Waals surface area contributed by atoms with Gasteiger partial charge >= 0.3 is 0 Å². The summed E-state index contributed by atoms with van der Waals surface area (Å²) in [7, 11) is 1.75. The van der Waals surface area contributed by atoms with E-state index in [9.17, 15) is 9.18 Å². The van der Waals surface area contributed by atoms with E-state index in [-0.39, 0.29) is 29.1 Å². The van der Waals surface area contributed by atoms with Gasteiger partial charge in [-0.3, -0.25) is 14.8 Å². The fourth-order valence-electron chi connectivity index (χ4n) is 4.11.